The van der Waals surface area contributed by atoms with Crippen LogP contribution in [0.15, 0.2) is 28.4 Å². The number of rotatable bonds is 2. The van der Waals surface area contributed by atoms with Crippen molar-refractivity contribution in [3.8, 4) is 0 Å². The number of benzene rings is 1. The average molecular weight is 237 g/mol. The van der Waals surface area contributed by atoms with Crippen LogP contribution in [0.2, 0.25) is 0 Å². The van der Waals surface area contributed by atoms with Gasteiger partial charge in [-0.25, -0.2) is 8.78 Å². The molecule has 1 aliphatic heterocycles. The maximum absolute atomic E-state index is 13.6. The van der Waals surface area contributed by atoms with Crippen LogP contribution >= 0.6 is 0 Å². The first kappa shape index (κ1) is 11.7. The minimum atomic E-state index is -0.613. The second-order valence-electron chi connectivity index (χ2n) is 3.98. The van der Waals surface area contributed by atoms with Gasteiger partial charge in [0.15, 0.2) is 0 Å². The molecule has 2 N–H and O–H groups in total. The molecule has 1 aliphatic rings. The summed E-state index contributed by atoms with van der Waals surface area (Å²) in [5.74, 6) is -0.910. The molecule has 0 saturated heterocycles. The number of halogens is 2. The largest absolute Gasteiger partial charge is 0.386 e. The second-order valence-corrected chi connectivity index (χ2v) is 3.98. The molecule has 1 aromatic rings. The van der Waals surface area contributed by atoms with Gasteiger partial charge in [-0.15, -0.1) is 5.10 Å². The molecule has 0 aromatic heterocycles. The van der Waals surface area contributed by atoms with Crippen molar-refractivity contribution in [1.29, 1.82) is 0 Å². The normalized spacial score (nSPS) is 19.8. The van der Waals surface area contributed by atoms with Crippen molar-refractivity contribution in [2.24, 2.45) is 21.9 Å². The van der Waals surface area contributed by atoms with Crippen molar-refractivity contribution < 1.29 is 8.78 Å². The summed E-state index contributed by atoms with van der Waals surface area (Å²) in [6.45, 7) is 1.93. The molecule has 2 rings (SSSR count). The van der Waals surface area contributed by atoms with E-state index in [1.165, 1.54) is 18.2 Å². The molecule has 1 atom stereocenters. The van der Waals surface area contributed by atoms with Gasteiger partial charge in [0.1, 0.15) is 17.5 Å². The van der Waals surface area contributed by atoms with E-state index in [0.717, 1.165) is 0 Å². The van der Waals surface area contributed by atoms with Gasteiger partial charge in [0.05, 0.1) is 11.3 Å². The molecule has 17 heavy (non-hydrogen) atoms. The summed E-state index contributed by atoms with van der Waals surface area (Å²) >= 11 is 0. The lowest BCUT2D eigenvalue weighted by molar-refractivity contribution is 0.570. The molecular weight excluding hydrogens is 224 g/mol. The van der Waals surface area contributed by atoms with Gasteiger partial charge in [0.2, 0.25) is 0 Å². The van der Waals surface area contributed by atoms with E-state index >= 15 is 0 Å². The molecule has 5 heteroatoms. The number of nitrogens with two attached hydrogens (primary N) is 1. The fourth-order valence-electron chi connectivity index (χ4n) is 1.92. The van der Waals surface area contributed by atoms with Crippen LogP contribution in [-0.2, 0) is 0 Å². The molecule has 0 aliphatic carbocycles. The van der Waals surface area contributed by atoms with E-state index in [1.807, 2.05) is 6.92 Å². The van der Waals surface area contributed by atoms with Gasteiger partial charge in [0, 0.05) is 12.3 Å². The average Bonchev–Trinajstić information content (AvgIpc) is 2.30. The minimum Gasteiger partial charge on any atom is -0.386 e. The Morgan fingerprint density at radius 2 is 1.94 bits per heavy atom. The molecule has 0 amide bonds. The highest BCUT2D eigenvalue weighted by Crippen LogP contribution is 2.24. The number of amidine groups is 1. The van der Waals surface area contributed by atoms with E-state index in [1.54, 1.807) is 0 Å². The van der Waals surface area contributed by atoms with E-state index < -0.39 is 11.6 Å². The van der Waals surface area contributed by atoms with Crippen molar-refractivity contribution >= 4 is 11.5 Å². The van der Waals surface area contributed by atoms with Crippen LogP contribution in [0.25, 0.3) is 0 Å². The van der Waals surface area contributed by atoms with Crippen LogP contribution in [0.1, 0.15) is 25.3 Å². The molecular formula is C12H13F2N3. The summed E-state index contributed by atoms with van der Waals surface area (Å²) in [4.78, 5) is 0. The maximum atomic E-state index is 13.6. The van der Waals surface area contributed by atoms with Gasteiger partial charge in [-0.1, -0.05) is 13.0 Å². The first-order valence-electron chi connectivity index (χ1n) is 5.47. The molecule has 90 valence electrons. The van der Waals surface area contributed by atoms with Gasteiger partial charge in [-0.05, 0) is 18.6 Å². The Morgan fingerprint density at radius 3 is 2.53 bits per heavy atom. The van der Waals surface area contributed by atoms with Crippen molar-refractivity contribution in [1.82, 2.24) is 0 Å². The first-order chi connectivity index (χ1) is 8.13. The summed E-state index contributed by atoms with van der Waals surface area (Å²) in [6, 6.07) is 3.76. The highest BCUT2D eigenvalue weighted by molar-refractivity contribution is 6.06. The third kappa shape index (κ3) is 2.18. The summed E-state index contributed by atoms with van der Waals surface area (Å²) in [5, 5.41) is 7.57. The number of hydrogen-bond donors (Lipinski definition) is 1. The van der Waals surface area contributed by atoms with E-state index in [0.29, 0.717) is 24.4 Å². The van der Waals surface area contributed by atoms with Gasteiger partial charge < -0.3 is 5.73 Å². The van der Waals surface area contributed by atoms with Crippen LogP contribution in [-0.4, -0.2) is 11.5 Å². The van der Waals surface area contributed by atoms with Crippen LogP contribution in [0.5, 0.6) is 0 Å². The van der Waals surface area contributed by atoms with Gasteiger partial charge in [-0.3, -0.25) is 0 Å². The smallest absolute Gasteiger partial charge is 0.135 e. The molecule has 3 nitrogen and oxygen atoms in total. The minimum absolute atomic E-state index is 0.0844. The highest BCUT2D eigenvalue weighted by Gasteiger charge is 2.25. The lowest BCUT2D eigenvalue weighted by Crippen LogP contribution is -2.28. The zero-order valence-corrected chi connectivity index (χ0v) is 9.45. The molecule has 1 heterocycles. The third-order valence-electron chi connectivity index (χ3n) is 2.84. The standard InChI is InChI=1S/C12H13F2N3/c1-2-7-6-10(15)16-17-12(7)11-8(13)4-3-5-9(11)14/h3-5,7H,2,6H2,1H3,(H2,15,16). The predicted molar refractivity (Wildman–Crippen MR) is 62.9 cm³/mol. The lowest BCUT2D eigenvalue weighted by Gasteiger charge is -2.20. The third-order valence-corrected chi connectivity index (χ3v) is 2.84. The lowest BCUT2D eigenvalue weighted by atomic mass is 9.90. The van der Waals surface area contributed by atoms with E-state index in [-0.39, 0.29) is 11.5 Å². The zero-order valence-electron chi connectivity index (χ0n) is 9.45. The van der Waals surface area contributed by atoms with E-state index in [2.05, 4.69) is 10.2 Å². The Kier molecular flexibility index (Phi) is 3.17. The molecule has 0 radical (unpaired) electrons. The second kappa shape index (κ2) is 4.61. The topological polar surface area (TPSA) is 50.7 Å². The Hall–Kier alpha value is -1.78. The maximum Gasteiger partial charge on any atom is 0.135 e. The Morgan fingerprint density at radius 1 is 1.29 bits per heavy atom. The van der Waals surface area contributed by atoms with Crippen molar-refractivity contribution in [2.75, 3.05) is 0 Å². The van der Waals surface area contributed by atoms with Crippen LogP contribution in [0, 0.1) is 17.6 Å². The van der Waals surface area contributed by atoms with Gasteiger partial charge in [-0.2, -0.15) is 5.10 Å². The van der Waals surface area contributed by atoms with Crippen LogP contribution in [0.4, 0.5) is 8.78 Å². The number of hydrogen-bond acceptors (Lipinski definition) is 3. The van der Waals surface area contributed by atoms with Gasteiger partial charge >= 0.3 is 0 Å². The molecule has 0 fully saturated rings. The SMILES string of the molecule is CCC1CC(N)=NN=C1c1c(F)cccc1F. The fourth-order valence-corrected chi connectivity index (χ4v) is 1.92. The number of nitrogens with zero attached hydrogens (tertiary/aromatic N) is 2. The monoisotopic (exact) mass is 237 g/mol. The summed E-state index contributed by atoms with van der Waals surface area (Å²) in [6.07, 6.45) is 1.20. The summed E-state index contributed by atoms with van der Waals surface area (Å²) in [7, 11) is 0. The summed E-state index contributed by atoms with van der Waals surface area (Å²) in [5.41, 5.74) is 5.83. The van der Waals surface area contributed by atoms with E-state index in [9.17, 15) is 8.78 Å². The Balaban J connectivity index is 2.52. The highest BCUT2D eigenvalue weighted by atomic mass is 19.1. The fraction of sp³-hybridized carbons (Fsp3) is 0.333. The van der Waals surface area contributed by atoms with Crippen molar-refractivity contribution in [3.05, 3.63) is 35.4 Å². The van der Waals surface area contributed by atoms with Crippen LogP contribution < -0.4 is 5.73 Å². The van der Waals surface area contributed by atoms with Crippen molar-refractivity contribution in [3.63, 3.8) is 0 Å². The molecule has 1 unspecified atom stereocenters. The molecule has 0 saturated carbocycles. The quantitative estimate of drug-likeness (QED) is 0.843. The molecule has 0 bridgehead atoms. The zero-order chi connectivity index (χ0) is 12.4. The van der Waals surface area contributed by atoms with Crippen LogP contribution in [0.3, 0.4) is 0 Å². The van der Waals surface area contributed by atoms with E-state index in [4.69, 9.17) is 5.73 Å². The molecule has 1 aromatic carbocycles. The molecule has 0 spiro atoms. The predicted octanol–water partition coefficient (Wildman–Crippen LogP) is 2.46. The van der Waals surface area contributed by atoms with Gasteiger partial charge in [0.25, 0.3) is 0 Å². The Bertz CT molecular complexity index is 474. The van der Waals surface area contributed by atoms with Crippen molar-refractivity contribution in [2.45, 2.75) is 19.8 Å². The first-order valence-corrected chi connectivity index (χ1v) is 5.47. The summed E-state index contributed by atoms with van der Waals surface area (Å²) < 4.78 is 27.3. The Labute approximate surface area is 98.0 Å².